The van der Waals surface area contributed by atoms with E-state index in [9.17, 15) is 9.90 Å². The summed E-state index contributed by atoms with van der Waals surface area (Å²) in [6, 6.07) is 0. The Morgan fingerprint density at radius 1 is 1.30 bits per heavy atom. The van der Waals surface area contributed by atoms with E-state index < -0.39 is 5.97 Å². The van der Waals surface area contributed by atoms with E-state index in [0.29, 0.717) is 0 Å². The molecule has 4 unspecified atom stereocenters. The minimum atomic E-state index is -0.719. The van der Waals surface area contributed by atoms with Crippen molar-refractivity contribution in [2.45, 2.75) is 57.3 Å². The number of nitrogens with zero attached hydrogens (tertiary/aromatic N) is 1. The molecule has 3 aliphatic rings. The van der Waals surface area contributed by atoms with Crippen LogP contribution in [-0.4, -0.2) is 21.0 Å². The number of imidazole rings is 1. The van der Waals surface area contributed by atoms with Crippen molar-refractivity contribution < 1.29 is 9.90 Å². The third-order valence-electron chi connectivity index (χ3n) is 5.75. The summed E-state index contributed by atoms with van der Waals surface area (Å²) in [7, 11) is 0. The van der Waals surface area contributed by atoms with Crippen LogP contribution < -0.4 is 0 Å². The Labute approximate surface area is 119 Å². The lowest BCUT2D eigenvalue weighted by Gasteiger charge is -2.20. The molecule has 4 rings (SSSR count). The lowest BCUT2D eigenvalue weighted by molar-refractivity contribution is -0.139. The molecule has 20 heavy (non-hydrogen) atoms. The smallest absolute Gasteiger partial charge is 0.312 e. The Morgan fingerprint density at radius 2 is 2.20 bits per heavy atom. The molecule has 2 fully saturated rings. The third kappa shape index (κ3) is 1.97. The zero-order valence-electron chi connectivity index (χ0n) is 11.8. The number of hydrogen-bond donors (Lipinski definition) is 2. The summed E-state index contributed by atoms with van der Waals surface area (Å²) in [5, 5.41) is 9.31. The molecule has 3 aliphatic carbocycles. The maximum Gasteiger partial charge on any atom is 0.312 e. The first-order chi connectivity index (χ1) is 9.70. The zero-order chi connectivity index (χ0) is 13.7. The van der Waals surface area contributed by atoms with E-state index in [2.05, 4.69) is 9.97 Å². The second-order valence-electron chi connectivity index (χ2n) is 6.97. The van der Waals surface area contributed by atoms with Crippen molar-refractivity contribution in [1.29, 1.82) is 0 Å². The van der Waals surface area contributed by atoms with E-state index in [0.717, 1.165) is 60.6 Å². The van der Waals surface area contributed by atoms with Gasteiger partial charge in [0.25, 0.3) is 0 Å². The second-order valence-corrected chi connectivity index (χ2v) is 6.97. The van der Waals surface area contributed by atoms with Crippen LogP contribution in [0.25, 0.3) is 0 Å². The van der Waals surface area contributed by atoms with Crippen molar-refractivity contribution in [2.24, 2.45) is 17.8 Å². The highest BCUT2D eigenvalue weighted by Gasteiger charge is 2.40. The number of aliphatic carboxylic acids is 1. The number of hydrogen-bond acceptors (Lipinski definition) is 2. The quantitative estimate of drug-likeness (QED) is 0.890. The number of fused-ring (bicyclic) bond motifs is 3. The highest BCUT2D eigenvalue weighted by molar-refractivity contribution is 5.76. The molecule has 1 aromatic heterocycles. The number of aromatic nitrogens is 2. The molecule has 0 amide bonds. The van der Waals surface area contributed by atoms with Gasteiger partial charge in [0.15, 0.2) is 0 Å². The van der Waals surface area contributed by atoms with E-state index >= 15 is 0 Å². The largest absolute Gasteiger partial charge is 0.481 e. The fourth-order valence-electron chi connectivity index (χ4n) is 4.79. The first-order valence-electron chi connectivity index (χ1n) is 8.01. The fourth-order valence-corrected chi connectivity index (χ4v) is 4.79. The summed E-state index contributed by atoms with van der Waals surface area (Å²) in [5.41, 5.74) is 1.91. The van der Waals surface area contributed by atoms with Gasteiger partial charge >= 0.3 is 5.97 Å². The van der Waals surface area contributed by atoms with Gasteiger partial charge in [-0.2, -0.15) is 0 Å². The number of rotatable bonds is 3. The standard InChI is InChI=1S/C16H22N2O2/c19-16(20)12-2-1-3-13-15(12)18-14(17-13)8-11-7-9-4-5-10(11)6-9/h9-12H,1-8H2,(H,17,18)(H,19,20). The van der Waals surface area contributed by atoms with Crippen LogP contribution in [0.4, 0.5) is 0 Å². The molecule has 0 aromatic carbocycles. The van der Waals surface area contributed by atoms with E-state index in [1.807, 2.05) is 0 Å². The number of H-pyrrole nitrogens is 1. The SMILES string of the molecule is O=C(O)C1CCCc2[nH]c(CC3CC4CCC3C4)nc21. The molecule has 1 aromatic rings. The molecule has 4 nitrogen and oxygen atoms in total. The first-order valence-corrected chi connectivity index (χ1v) is 8.01. The van der Waals surface area contributed by atoms with Crippen LogP contribution in [0, 0.1) is 17.8 Å². The van der Waals surface area contributed by atoms with Crippen molar-refractivity contribution in [2.75, 3.05) is 0 Å². The van der Waals surface area contributed by atoms with Gasteiger partial charge < -0.3 is 10.1 Å². The monoisotopic (exact) mass is 274 g/mol. The average Bonchev–Trinajstić information content (AvgIpc) is 3.11. The highest BCUT2D eigenvalue weighted by Crippen LogP contribution is 2.49. The predicted octanol–water partition coefficient (Wildman–Crippen LogP) is 2.89. The third-order valence-corrected chi connectivity index (χ3v) is 5.75. The van der Waals surface area contributed by atoms with Gasteiger partial charge in [-0.3, -0.25) is 4.79 Å². The van der Waals surface area contributed by atoms with Gasteiger partial charge in [-0.05, 0) is 56.3 Å². The second kappa shape index (κ2) is 4.61. The lowest BCUT2D eigenvalue weighted by atomic mass is 9.86. The van der Waals surface area contributed by atoms with Crippen LogP contribution in [0.3, 0.4) is 0 Å². The summed E-state index contributed by atoms with van der Waals surface area (Å²) >= 11 is 0. The molecule has 2 bridgehead atoms. The predicted molar refractivity (Wildman–Crippen MR) is 74.5 cm³/mol. The molecule has 4 heteroatoms. The van der Waals surface area contributed by atoms with Crippen LogP contribution in [0.15, 0.2) is 0 Å². The van der Waals surface area contributed by atoms with Gasteiger partial charge in [0.05, 0.1) is 5.69 Å². The number of aryl methyl sites for hydroxylation is 1. The van der Waals surface area contributed by atoms with Crippen molar-refractivity contribution in [1.82, 2.24) is 9.97 Å². The van der Waals surface area contributed by atoms with Gasteiger partial charge in [0, 0.05) is 12.1 Å². The average molecular weight is 274 g/mol. The van der Waals surface area contributed by atoms with Crippen molar-refractivity contribution >= 4 is 5.97 Å². The summed E-state index contributed by atoms with van der Waals surface area (Å²) in [5.74, 6) is 2.58. The summed E-state index contributed by atoms with van der Waals surface area (Å²) in [6.45, 7) is 0. The number of aromatic amines is 1. The van der Waals surface area contributed by atoms with E-state index in [1.165, 1.54) is 25.7 Å². The number of carboxylic acid groups (broad SMARTS) is 1. The molecule has 0 saturated heterocycles. The molecule has 0 radical (unpaired) electrons. The minimum Gasteiger partial charge on any atom is -0.481 e. The van der Waals surface area contributed by atoms with E-state index in [4.69, 9.17) is 0 Å². The highest BCUT2D eigenvalue weighted by atomic mass is 16.4. The summed E-state index contributed by atoms with van der Waals surface area (Å²) in [6.07, 6.45) is 9.29. The van der Waals surface area contributed by atoms with Crippen LogP contribution in [0.5, 0.6) is 0 Å². The van der Waals surface area contributed by atoms with Gasteiger partial charge in [-0.25, -0.2) is 4.98 Å². The molecule has 2 N–H and O–H groups in total. The normalized spacial score (nSPS) is 35.2. The van der Waals surface area contributed by atoms with Gasteiger partial charge in [-0.1, -0.05) is 6.42 Å². The first kappa shape index (κ1) is 12.4. The Hall–Kier alpha value is -1.32. The van der Waals surface area contributed by atoms with Crippen molar-refractivity contribution in [3.05, 3.63) is 17.2 Å². The summed E-state index contributed by atoms with van der Waals surface area (Å²) in [4.78, 5) is 19.4. The molecular formula is C16H22N2O2. The van der Waals surface area contributed by atoms with E-state index in [1.54, 1.807) is 0 Å². The number of carbonyl (C=O) groups is 1. The van der Waals surface area contributed by atoms with Gasteiger partial charge in [0.2, 0.25) is 0 Å². The molecule has 0 aliphatic heterocycles. The fraction of sp³-hybridized carbons (Fsp3) is 0.750. The summed E-state index contributed by atoms with van der Waals surface area (Å²) < 4.78 is 0. The Kier molecular flexibility index (Phi) is 2.86. The van der Waals surface area contributed by atoms with Crippen molar-refractivity contribution in [3.8, 4) is 0 Å². The van der Waals surface area contributed by atoms with Crippen LogP contribution in [0.1, 0.15) is 61.7 Å². The number of carboxylic acids is 1. The van der Waals surface area contributed by atoms with Crippen LogP contribution in [0.2, 0.25) is 0 Å². The molecule has 108 valence electrons. The molecule has 1 heterocycles. The number of nitrogens with one attached hydrogen (secondary N) is 1. The molecular weight excluding hydrogens is 252 g/mol. The molecule has 4 atom stereocenters. The van der Waals surface area contributed by atoms with Gasteiger partial charge in [0.1, 0.15) is 11.7 Å². The maximum absolute atomic E-state index is 11.3. The van der Waals surface area contributed by atoms with E-state index in [-0.39, 0.29) is 5.92 Å². The Morgan fingerprint density at radius 3 is 2.90 bits per heavy atom. The molecule has 2 saturated carbocycles. The molecule has 0 spiro atoms. The topological polar surface area (TPSA) is 66.0 Å². The van der Waals surface area contributed by atoms with Crippen LogP contribution in [-0.2, 0) is 17.6 Å². The minimum absolute atomic E-state index is 0.385. The van der Waals surface area contributed by atoms with Crippen molar-refractivity contribution in [3.63, 3.8) is 0 Å². The Bertz CT molecular complexity index is 537. The zero-order valence-corrected chi connectivity index (χ0v) is 11.8. The van der Waals surface area contributed by atoms with Crippen LogP contribution >= 0.6 is 0 Å². The Balaban J connectivity index is 1.54. The van der Waals surface area contributed by atoms with Gasteiger partial charge in [-0.15, -0.1) is 0 Å². The lowest BCUT2D eigenvalue weighted by Crippen LogP contribution is -2.18. The maximum atomic E-state index is 11.3.